The van der Waals surface area contributed by atoms with Gasteiger partial charge in [0.25, 0.3) is 0 Å². The Kier molecular flexibility index (Phi) is 5.54. The summed E-state index contributed by atoms with van der Waals surface area (Å²) in [6, 6.07) is 9.25. The monoisotopic (exact) mass is 292 g/mol. The van der Waals surface area contributed by atoms with Crippen LogP contribution in [0.4, 0.5) is 4.79 Å². The van der Waals surface area contributed by atoms with E-state index >= 15 is 0 Å². The molecule has 0 radical (unpaired) electrons. The van der Waals surface area contributed by atoms with Gasteiger partial charge in [-0.25, -0.2) is 4.79 Å². The van der Waals surface area contributed by atoms with E-state index in [0.717, 1.165) is 31.2 Å². The molecule has 2 rings (SSSR count). The third-order valence-corrected chi connectivity index (χ3v) is 3.81. The van der Waals surface area contributed by atoms with Gasteiger partial charge in [-0.05, 0) is 18.4 Å². The summed E-state index contributed by atoms with van der Waals surface area (Å²) in [5.41, 5.74) is 0.915. The Morgan fingerprint density at radius 2 is 2.00 bits per heavy atom. The van der Waals surface area contributed by atoms with Crippen LogP contribution in [-0.2, 0) is 11.3 Å². The SMILES string of the molecule is O=C(NC1CCCCC1C[N+](=O)[O-])OCc1ccccc1. The number of nitrogens with zero attached hydrogens (tertiary/aromatic N) is 1. The zero-order chi connectivity index (χ0) is 15.1. The van der Waals surface area contributed by atoms with Crippen LogP contribution in [0.5, 0.6) is 0 Å². The Bertz CT molecular complexity index is 478. The highest BCUT2D eigenvalue weighted by molar-refractivity contribution is 5.67. The van der Waals surface area contributed by atoms with Crippen LogP contribution in [0.15, 0.2) is 30.3 Å². The topological polar surface area (TPSA) is 81.5 Å². The van der Waals surface area contributed by atoms with Gasteiger partial charge in [0.05, 0.1) is 0 Å². The van der Waals surface area contributed by atoms with Gasteiger partial charge >= 0.3 is 6.09 Å². The van der Waals surface area contributed by atoms with Gasteiger partial charge < -0.3 is 10.1 Å². The molecule has 2 atom stereocenters. The molecule has 1 aromatic rings. The van der Waals surface area contributed by atoms with Crippen LogP contribution in [0.3, 0.4) is 0 Å². The second-order valence-corrected chi connectivity index (χ2v) is 5.37. The van der Waals surface area contributed by atoms with Crippen molar-refractivity contribution in [2.45, 2.75) is 38.3 Å². The fourth-order valence-electron chi connectivity index (χ4n) is 2.72. The van der Waals surface area contributed by atoms with E-state index < -0.39 is 6.09 Å². The van der Waals surface area contributed by atoms with Crippen molar-refractivity contribution in [2.75, 3.05) is 6.54 Å². The number of amides is 1. The predicted molar refractivity (Wildman–Crippen MR) is 77.4 cm³/mol. The molecule has 1 aromatic carbocycles. The summed E-state index contributed by atoms with van der Waals surface area (Å²) in [7, 11) is 0. The van der Waals surface area contributed by atoms with E-state index in [-0.39, 0.29) is 30.0 Å². The maximum absolute atomic E-state index is 11.8. The fraction of sp³-hybridized carbons (Fsp3) is 0.533. The summed E-state index contributed by atoms with van der Waals surface area (Å²) in [6.45, 7) is 0.114. The summed E-state index contributed by atoms with van der Waals surface area (Å²) < 4.78 is 5.16. The van der Waals surface area contributed by atoms with E-state index in [1.807, 2.05) is 30.3 Å². The molecule has 1 fully saturated rings. The van der Waals surface area contributed by atoms with Gasteiger partial charge in [0.15, 0.2) is 0 Å². The molecule has 2 unspecified atom stereocenters. The minimum absolute atomic E-state index is 0.0936. The molecule has 1 amide bonds. The molecule has 0 saturated heterocycles. The molecule has 0 bridgehead atoms. The van der Waals surface area contributed by atoms with Crippen LogP contribution < -0.4 is 5.32 Å². The maximum atomic E-state index is 11.8. The molecular formula is C15H20N2O4. The van der Waals surface area contributed by atoms with E-state index in [2.05, 4.69) is 5.32 Å². The van der Waals surface area contributed by atoms with Crippen LogP contribution in [-0.4, -0.2) is 23.6 Å². The van der Waals surface area contributed by atoms with Crippen molar-refractivity contribution in [1.82, 2.24) is 5.32 Å². The summed E-state index contributed by atoms with van der Waals surface area (Å²) in [5, 5.41) is 13.5. The summed E-state index contributed by atoms with van der Waals surface area (Å²) in [4.78, 5) is 22.2. The first-order valence-corrected chi connectivity index (χ1v) is 7.24. The number of rotatable bonds is 5. The largest absolute Gasteiger partial charge is 0.445 e. The van der Waals surface area contributed by atoms with Gasteiger partial charge in [0.1, 0.15) is 6.61 Å². The molecule has 6 nitrogen and oxygen atoms in total. The molecule has 21 heavy (non-hydrogen) atoms. The molecule has 1 N–H and O–H groups in total. The number of nitrogens with one attached hydrogen (secondary N) is 1. The highest BCUT2D eigenvalue weighted by atomic mass is 16.6. The summed E-state index contributed by atoms with van der Waals surface area (Å²) in [6.07, 6.45) is 3.02. The molecule has 1 aliphatic rings. The molecule has 1 aliphatic carbocycles. The Morgan fingerprint density at radius 3 is 2.71 bits per heavy atom. The highest BCUT2D eigenvalue weighted by Crippen LogP contribution is 2.24. The molecule has 1 saturated carbocycles. The number of benzene rings is 1. The van der Waals surface area contributed by atoms with Crippen molar-refractivity contribution in [3.05, 3.63) is 46.0 Å². The predicted octanol–water partition coefficient (Wildman–Crippen LogP) is 2.75. The first kappa shape index (κ1) is 15.3. The van der Waals surface area contributed by atoms with Gasteiger partial charge in [-0.3, -0.25) is 10.1 Å². The van der Waals surface area contributed by atoms with Crippen molar-refractivity contribution in [1.29, 1.82) is 0 Å². The van der Waals surface area contributed by atoms with Gasteiger partial charge in [-0.15, -0.1) is 0 Å². The number of hydrogen-bond acceptors (Lipinski definition) is 4. The zero-order valence-corrected chi connectivity index (χ0v) is 11.9. The molecular weight excluding hydrogens is 272 g/mol. The Labute approximate surface area is 123 Å². The second kappa shape index (κ2) is 7.61. The average molecular weight is 292 g/mol. The van der Waals surface area contributed by atoms with Crippen molar-refractivity contribution in [3.63, 3.8) is 0 Å². The van der Waals surface area contributed by atoms with Gasteiger partial charge in [-0.2, -0.15) is 0 Å². The Balaban J connectivity index is 1.81. The lowest BCUT2D eigenvalue weighted by molar-refractivity contribution is -0.489. The van der Waals surface area contributed by atoms with Crippen molar-refractivity contribution in [2.24, 2.45) is 5.92 Å². The van der Waals surface area contributed by atoms with Crippen LogP contribution in [0, 0.1) is 16.0 Å². The molecule has 0 aromatic heterocycles. The van der Waals surface area contributed by atoms with Crippen molar-refractivity contribution < 1.29 is 14.5 Å². The highest BCUT2D eigenvalue weighted by Gasteiger charge is 2.30. The molecule has 0 spiro atoms. The second-order valence-electron chi connectivity index (χ2n) is 5.37. The lowest BCUT2D eigenvalue weighted by atomic mass is 9.84. The van der Waals surface area contributed by atoms with Gasteiger partial charge in [0, 0.05) is 16.9 Å². The zero-order valence-electron chi connectivity index (χ0n) is 11.9. The van der Waals surface area contributed by atoms with Crippen LogP contribution in [0.1, 0.15) is 31.2 Å². The quantitative estimate of drug-likeness (QED) is 0.668. The number of hydrogen-bond donors (Lipinski definition) is 1. The summed E-state index contributed by atoms with van der Waals surface area (Å²) >= 11 is 0. The van der Waals surface area contributed by atoms with Crippen LogP contribution >= 0.6 is 0 Å². The first-order chi connectivity index (χ1) is 10.1. The third-order valence-electron chi connectivity index (χ3n) is 3.81. The van der Waals surface area contributed by atoms with Gasteiger partial charge in [0.2, 0.25) is 6.54 Å². The van der Waals surface area contributed by atoms with E-state index in [1.165, 1.54) is 0 Å². The maximum Gasteiger partial charge on any atom is 0.407 e. The number of carbonyl (C=O) groups excluding carboxylic acids is 1. The van der Waals surface area contributed by atoms with Gasteiger partial charge in [-0.1, -0.05) is 43.2 Å². The van der Waals surface area contributed by atoms with E-state index in [4.69, 9.17) is 4.74 Å². The average Bonchev–Trinajstić information content (AvgIpc) is 2.48. The number of alkyl carbamates (subject to hydrolysis) is 1. The summed E-state index contributed by atoms with van der Waals surface area (Å²) in [5.74, 6) is -0.0991. The fourth-order valence-corrected chi connectivity index (χ4v) is 2.72. The minimum Gasteiger partial charge on any atom is -0.445 e. The van der Waals surface area contributed by atoms with Crippen LogP contribution in [0.25, 0.3) is 0 Å². The number of carbonyl (C=O) groups is 1. The first-order valence-electron chi connectivity index (χ1n) is 7.24. The normalized spacial score (nSPS) is 21.5. The minimum atomic E-state index is -0.501. The van der Waals surface area contributed by atoms with Crippen molar-refractivity contribution in [3.8, 4) is 0 Å². The molecule has 0 aliphatic heterocycles. The molecule has 0 heterocycles. The van der Waals surface area contributed by atoms with E-state index in [1.54, 1.807) is 0 Å². The smallest absolute Gasteiger partial charge is 0.407 e. The lowest BCUT2D eigenvalue weighted by Gasteiger charge is -2.29. The molecule has 114 valence electrons. The third kappa shape index (κ3) is 5.06. The Morgan fingerprint density at radius 1 is 1.29 bits per heavy atom. The standard InChI is InChI=1S/C15H20N2O4/c18-15(21-11-12-6-2-1-3-7-12)16-14-9-5-4-8-13(14)10-17(19)20/h1-3,6-7,13-14H,4-5,8-11H2,(H,16,18). The van der Waals surface area contributed by atoms with Crippen LogP contribution in [0.2, 0.25) is 0 Å². The van der Waals surface area contributed by atoms with Crippen molar-refractivity contribution >= 4 is 6.09 Å². The number of nitro groups is 1. The number of ether oxygens (including phenoxy) is 1. The molecule has 6 heteroatoms. The van der Waals surface area contributed by atoms with E-state index in [9.17, 15) is 14.9 Å². The lowest BCUT2D eigenvalue weighted by Crippen LogP contribution is -2.44. The van der Waals surface area contributed by atoms with E-state index in [0.29, 0.717) is 0 Å². The Hall–Kier alpha value is -2.11.